The van der Waals surface area contributed by atoms with E-state index in [-0.39, 0.29) is 42.0 Å². The maximum absolute atomic E-state index is 13.3. The molecule has 0 aliphatic heterocycles. The molecular formula is C25H34FN3O4S. The molecule has 0 heterocycles. The van der Waals surface area contributed by atoms with Gasteiger partial charge in [-0.25, -0.2) is 17.1 Å². The molecule has 0 bridgehead atoms. The maximum Gasteiger partial charge on any atom is 0.242 e. The fourth-order valence-electron chi connectivity index (χ4n) is 3.39. The fraction of sp³-hybridized carbons (Fsp3) is 0.440. The molecule has 1 unspecified atom stereocenters. The number of rotatable bonds is 13. The van der Waals surface area contributed by atoms with Crippen molar-refractivity contribution in [3.8, 4) is 0 Å². The zero-order valence-corrected chi connectivity index (χ0v) is 20.9. The lowest BCUT2D eigenvalue weighted by Crippen LogP contribution is -2.47. The van der Waals surface area contributed by atoms with Crippen LogP contribution in [0.15, 0.2) is 59.5 Å². The first kappa shape index (κ1) is 27.5. The van der Waals surface area contributed by atoms with Gasteiger partial charge in [0.25, 0.3) is 0 Å². The summed E-state index contributed by atoms with van der Waals surface area (Å²) in [5.41, 5.74) is 0.701. The van der Waals surface area contributed by atoms with Gasteiger partial charge in [0, 0.05) is 33.1 Å². The lowest BCUT2D eigenvalue weighted by Gasteiger charge is -2.29. The van der Waals surface area contributed by atoms with E-state index in [0.717, 1.165) is 12.8 Å². The second-order valence-electron chi connectivity index (χ2n) is 8.21. The smallest absolute Gasteiger partial charge is 0.242 e. The Morgan fingerprint density at radius 3 is 2.29 bits per heavy atom. The third kappa shape index (κ3) is 7.92. The van der Waals surface area contributed by atoms with E-state index in [9.17, 15) is 22.4 Å². The molecule has 0 radical (unpaired) electrons. The van der Waals surface area contributed by atoms with Crippen molar-refractivity contribution in [2.45, 2.75) is 57.0 Å². The summed E-state index contributed by atoms with van der Waals surface area (Å²) < 4.78 is 39.9. The van der Waals surface area contributed by atoms with Crippen LogP contribution in [0.25, 0.3) is 0 Å². The van der Waals surface area contributed by atoms with E-state index in [1.165, 1.54) is 40.5 Å². The van der Waals surface area contributed by atoms with Crippen LogP contribution < -0.4 is 5.32 Å². The van der Waals surface area contributed by atoms with Crippen molar-refractivity contribution in [1.82, 2.24) is 14.5 Å². The van der Waals surface area contributed by atoms with Crippen LogP contribution in [0.1, 0.15) is 45.1 Å². The Kier molecular flexibility index (Phi) is 10.7. The van der Waals surface area contributed by atoms with E-state index in [0.29, 0.717) is 18.5 Å². The number of hydrogen-bond acceptors (Lipinski definition) is 4. The highest BCUT2D eigenvalue weighted by Crippen LogP contribution is 2.16. The molecule has 0 aromatic heterocycles. The van der Waals surface area contributed by atoms with E-state index >= 15 is 0 Å². The third-order valence-electron chi connectivity index (χ3n) is 5.58. The summed E-state index contributed by atoms with van der Waals surface area (Å²) in [7, 11) is -2.16. The number of amides is 2. The second kappa shape index (κ2) is 13.2. The molecule has 2 amide bonds. The van der Waals surface area contributed by atoms with Crippen LogP contribution in [0.2, 0.25) is 0 Å². The highest BCUT2D eigenvalue weighted by atomic mass is 32.2. The highest BCUT2D eigenvalue weighted by Gasteiger charge is 2.26. The number of nitrogens with one attached hydrogen (secondary N) is 1. The minimum Gasteiger partial charge on any atom is -0.354 e. The summed E-state index contributed by atoms with van der Waals surface area (Å²) in [6.45, 7) is 4.52. The lowest BCUT2D eigenvalue weighted by molar-refractivity contribution is -0.140. The molecular weight excluding hydrogens is 457 g/mol. The number of sulfonamides is 1. The number of carbonyl (C=O) groups is 2. The topological polar surface area (TPSA) is 86.8 Å². The summed E-state index contributed by atoms with van der Waals surface area (Å²) >= 11 is 0. The normalized spacial score (nSPS) is 12.4. The van der Waals surface area contributed by atoms with Gasteiger partial charge in [0.1, 0.15) is 11.9 Å². The molecule has 0 aliphatic rings. The van der Waals surface area contributed by atoms with Gasteiger partial charge in [-0.1, -0.05) is 43.7 Å². The SMILES string of the molecule is CCCCNC(=O)C(C)N(Cc1ccc(F)cc1)C(=O)CCCN(C)S(=O)(=O)c1ccccc1. The van der Waals surface area contributed by atoms with Gasteiger partial charge >= 0.3 is 0 Å². The predicted molar refractivity (Wildman–Crippen MR) is 130 cm³/mol. The Morgan fingerprint density at radius 1 is 1.03 bits per heavy atom. The van der Waals surface area contributed by atoms with Crippen LogP contribution in [0, 0.1) is 5.82 Å². The number of benzene rings is 2. The fourth-order valence-corrected chi connectivity index (χ4v) is 4.62. The van der Waals surface area contributed by atoms with E-state index in [1.54, 1.807) is 37.3 Å². The molecule has 2 rings (SSSR count). The molecule has 2 aromatic rings. The number of nitrogens with zero attached hydrogens (tertiary/aromatic N) is 2. The standard InChI is InChI=1S/C25H34FN3O4S/c1-4-5-17-27-25(31)20(2)29(19-21-13-15-22(26)16-14-21)24(30)12-9-18-28(3)34(32,33)23-10-7-6-8-11-23/h6-8,10-11,13-16,20H,4-5,9,12,17-19H2,1-3H3,(H,27,31). The Hall–Kier alpha value is -2.78. The van der Waals surface area contributed by atoms with E-state index < -0.39 is 16.1 Å². The van der Waals surface area contributed by atoms with Gasteiger partial charge in [0.05, 0.1) is 4.90 Å². The summed E-state index contributed by atoms with van der Waals surface area (Å²) in [6, 6.07) is 13.2. The molecule has 0 fully saturated rings. The third-order valence-corrected chi connectivity index (χ3v) is 7.45. The molecule has 0 saturated carbocycles. The van der Waals surface area contributed by atoms with Crippen molar-refractivity contribution < 1.29 is 22.4 Å². The van der Waals surface area contributed by atoms with Crippen molar-refractivity contribution in [3.63, 3.8) is 0 Å². The van der Waals surface area contributed by atoms with Crippen molar-refractivity contribution in [1.29, 1.82) is 0 Å². The molecule has 1 N–H and O–H groups in total. The Bertz CT molecular complexity index is 1030. The van der Waals surface area contributed by atoms with Gasteiger partial charge in [-0.05, 0) is 49.6 Å². The van der Waals surface area contributed by atoms with Gasteiger partial charge in [0.2, 0.25) is 21.8 Å². The van der Waals surface area contributed by atoms with E-state index in [2.05, 4.69) is 5.32 Å². The van der Waals surface area contributed by atoms with E-state index in [1.807, 2.05) is 6.92 Å². The van der Waals surface area contributed by atoms with Crippen LogP contribution in [0.3, 0.4) is 0 Å². The average molecular weight is 492 g/mol. The molecule has 186 valence electrons. The van der Waals surface area contributed by atoms with Crippen LogP contribution in [0.5, 0.6) is 0 Å². The number of halogens is 1. The van der Waals surface area contributed by atoms with Gasteiger partial charge in [0.15, 0.2) is 0 Å². The van der Waals surface area contributed by atoms with Gasteiger partial charge in [-0.3, -0.25) is 9.59 Å². The Balaban J connectivity index is 2.05. The molecule has 0 aliphatic carbocycles. The molecule has 2 aromatic carbocycles. The van der Waals surface area contributed by atoms with Crippen molar-refractivity contribution in [2.24, 2.45) is 0 Å². The molecule has 34 heavy (non-hydrogen) atoms. The first-order valence-electron chi connectivity index (χ1n) is 11.5. The number of hydrogen-bond donors (Lipinski definition) is 1. The molecule has 9 heteroatoms. The van der Waals surface area contributed by atoms with Crippen LogP contribution in [0.4, 0.5) is 4.39 Å². The monoisotopic (exact) mass is 491 g/mol. The van der Waals surface area contributed by atoms with Crippen molar-refractivity contribution >= 4 is 21.8 Å². The van der Waals surface area contributed by atoms with Crippen LogP contribution >= 0.6 is 0 Å². The lowest BCUT2D eigenvalue weighted by atomic mass is 10.1. The molecule has 1 atom stereocenters. The molecule has 0 saturated heterocycles. The van der Waals surface area contributed by atoms with Crippen LogP contribution in [-0.2, 0) is 26.2 Å². The van der Waals surface area contributed by atoms with E-state index in [4.69, 9.17) is 0 Å². The second-order valence-corrected chi connectivity index (χ2v) is 10.3. The minimum absolute atomic E-state index is 0.0718. The van der Waals surface area contributed by atoms with Crippen molar-refractivity contribution in [3.05, 3.63) is 66.0 Å². The largest absolute Gasteiger partial charge is 0.354 e. The first-order valence-corrected chi connectivity index (χ1v) is 12.9. The number of unbranched alkanes of at least 4 members (excludes halogenated alkanes) is 1. The number of carbonyl (C=O) groups excluding carboxylic acids is 2. The summed E-state index contributed by atoms with van der Waals surface area (Å²) in [5, 5.41) is 2.85. The Labute approximate surface area is 202 Å². The molecule has 0 spiro atoms. The first-order chi connectivity index (χ1) is 16.2. The predicted octanol–water partition coefficient (Wildman–Crippen LogP) is 3.56. The van der Waals surface area contributed by atoms with Crippen molar-refractivity contribution in [2.75, 3.05) is 20.1 Å². The Morgan fingerprint density at radius 2 is 1.68 bits per heavy atom. The highest BCUT2D eigenvalue weighted by molar-refractivity contribution is 7.89. The van der Waals surface area contributed by atoms with Gasteiger partial charge < -0.3 is 10.2 Å². The minimum atomic E-state index is -3.64. The zero-order chi connectivity index (χ0) is 25.1. The van der Waals surface area contributed by atoms with Gasteiger partial charge in [-0.2, -0.15) is 0 Å². The zero-order valence-electron chi connectivity index (χ0n) is 20.0. The molecule has 7 nitrogen and oxygen atoms in total. The van der Waals surface area contributed by atoms with Crippen LogP contribution in [-0.4, -0.2) is 55.6 Å². The maximum atomic E-state index is 13.3. The van der Waals surface area contributed by atoms with Gasteiger partial charge in [-0.15, -0.1) is 0 Å². The average Bonchev–Trinajstić information content (AvgIpc) is 2.83. The summed E-state index contributed by atoms with van der Waals surface area (Å²) in [4.78, 5) is 27.4. The summed E-state index contributed by atoms with van der Waals surface area (Å²) in [6.07, 6.45) is 2.15. The quantitative estimate of drug-likeness (QED) is 0.434. The summed E-state index contributed by atoms with van der Waals surface area (Å²) in [5.74, 6) is -0.907.